The molecule has 0 aliphatic carbocycles. The molecule has 0 fully saturated rings. The highest BCUT2D eigenvalue weighted by Gasteiger charge is 2.34. The van der Waals surface area contributed by atoms with Crippen molar-refractivity contribution >= 4 is 22.9 Å². The Balaban J connectivity index is 1.91. The highest BCUT2D eigenvalue weighted by Crippen LogP contribution is 2.46. The number of aryl methyl sites for hydroxylation is 1. The number of hydrogen-bond acceptors (Lipinski definition) is 5. The Morgan fingerprint density at radius 2 is 2.24 bits per heavy atom. The van der Waals surface area contributed by atoms with Crippen molar-refractivity contribution in [2.24, 2.45) is 7.05 Å². The molecule has 7 heteroatoms. The summed E-state index contributed by atoms with van der Waals surface area (Å²) in [5, 5.41) is 7.62. The summed E-state index contributed by atoms with van der Waals surface area (Å²) in [4.78, 5) is 12.1. The largest absolute Gasteiger partial charge is 0.399 e. The first kappa shape index (κ1) is 11.8. The van der Waals surface area contributed by atoms with Crippen LogP contribution in [0.3, 0.4) is 0 Å². The van der Waals surface area contributed by atoms with Gasteiger partial charge in [-0.05, 0) is 12.1 Å². The lowest BCUT2D eigenvalue weighted by molar-refractivity contribution is 0.0942. The van der Waals surface area contributed by atoms with Crippen molar-refractivity contribution in [3.05, 3.63) is 47.4 Å². The van der Waals surface area contributed by atoms with Crippen LogP contribution in [0.5, 0.6) is 0 Å². The summed E-state index contributed by atoms with van der Waals surface area (Å²) >= 11 is 0. The van der Waals surface area contributed by atoms with Gasteiger partial charge in [0.2, 0.25) is 0 Å². The number of hydrazine groups is 1. The van der Waals surface area contributed by atoms with Crippen molar-refractivity contribution in [1.29, 1.82) is 0 Å². The van der Waals surface area contributed by atoms with E-state index in [4.69, 9.17) is 5.73 Å². The van der Waals surface area contributed by atoms with Crippen molar-refractivity contribution in [3.63, 3.8) is 0 Å². The molecule has 106 valence electrons. The number of nitrogens with two attached hydrogens (primary N) is 1. The maximum Gasteiger partial charge on any atom is 0.270 e. The third-order valence-corrected chi connectivity index (χ3v) is 3.78. The van der Waals surface area contributed by atoms with Crippen LogP contribution >= 0.6 is 0 Å². The summed E-state index contributed by atoms with van der Waals surface area (Å²) in [5.74, 6) is -0.196. The topological polar surface area (TPSA) is 97.0 Å². The Morgan fingerprint density at radius 3 is 3.00 bits per heavy atom. The Bertz CT molecular complexity index is 791. The van der Waals surface area contributed by atoms with E-state index in [0.29, 0.717) is 11.3 Å². The average Bonchev–Trinajstić information content (AvgIpc) is 2.97. The maximum atomic E-state index is 12.1. The highest BCUT2D eigenvalue weighted by molar-refractivity contribution is 6.06. The first-order valence-corrected chi connectivity index (χ1v) is 6.58. The fourth-order valence-corrected chi connectivity index (χ4v) is 2.90. The van der Waals surface area contributed by atoms with Crippen LogP contribution in [0.4, 0.5) is 11.4 Å². The molecule has 0 spiro atoms. The van der Waals surface area contributed by atoms with Gasteiger partial charge in [-0.3, -0.25) is 14.9 Å². The lowest BCUT2D eigenvalue weighted by atomic mass is 9.95. The van der Waals surface area contributed by atoms with E-state index in [0.717, 1.165) is 22.4 Å². The lowest BCUT2D eigenvalue weighted by Gasteiger charge is -2.11. The van der Waals surface area contributed by atoms with Crippen LogP contribution < -0.4 is 21.9 Å². The molecule has 1 aromatic carbocycles. The van der Waals surface area contributed by atoms with E-state index < -0.39 is 0 Å². The average molecular weight is 282 g/mol. The Morgan fingerprint density at radius 1 is 1.38 bits per heavy atom. The van der Waals surface area contributed by atoms with E-state index in [-0.39, 0.29) is 11.9 Å². The van der Waals surface area contributed by atoms with Crippen molar-refractivity contribution < 1.29 is 4.79 Å². The summed E-state index contributed by atoms with van der Waals surface area (Å²) in [6, 6.07) is 3.48. The SMILES string of the molecule is Cn1cc(C2Nc3cc(N)cc4c3C2=CNNC4=O)cn1. The number of nitrogens with zero attached hydrogens (tertiary/aromatic N) is 2. The van der Waals surface area contributed by atoms with Gasteiger partial charge in [-0.2, -0.15) is 5.10 Å². The fourth-order valence-electron chi connectivity index (χ4n) is 2.90. The highest BCUT2D eigenvalue weighted by atomic mass is 16.2. The minimum Gasteiger partial charge on any atom is -0.399 e. The number of aromatic nitrogens is 2. The van der Waals surface area contributed by atoms with Gasteiger partial charge in [-0.1, -0.05) is 0 Å². The number of carbonyl (C=O) groups is 1. The molecule has 1 amide bonds. The summed E-state index contributed by atoms with van der Waals surface area (Å²) in [6.07, 6.45) is 5.57. The van der Waals surface area contributed by atoms with Gasteiger partial charge in [0.05, 0.1) is 17.8 Å². The quantitative estimate of drug-likeness (QED) is 0.579. The predicted molar refractivity (Wildman–Crippen MR) is 79.0 cm³/mol. The zero-order valence-electron chi connectivity index (χ0n) is 11.3. The Hall–Kier alpha value is -2.96. The Labute approximate surface area is 120 Å². The molecular formula is C14H14N6O. The van der Waals surface area contributed by atoms with Gasteiger partial charge in [0.25, 0.3) is 5.91 Å². The number of rotatable bonds is 1. The van der Waals surface area contributed by atoms with Crippen LogP contribution in [-0.2, 0) is 7.05 Å². The monoisotopic (exact) mass is 282 g/mol. The van der Waals surface area contributed by atoms with Crippen LogP contribution in [0.1, 0.15) is 27.5 Å². The van der Waals surface area contributed by atoms with E-state index in [9.17, 15) is 4.79 Å². The molecule has 0 bridgehead atoms. The van der Waals surface area contributed by atoms with Gasteiger partial charge in [0.15, 0.2) is 0 Å². The number of anilines is 2. The number of carbonyl (C=O) groups excluding carboxylic acids is 1. The number of hydrogen-bond donors (Lipinski definition) is 4. The first-order chi connectivity index (χ1) is 10.1. The minimum absolute atomic E-state index is 0.0607. The molecule has 0 saturated heterocycles. The summed E-state index contributed by atoms with van der Waals surface area (Å²) in [5.41, 5.74) is 16.3. The summed E-state index contributed by atoms with van der Waals surface area (Å²) < 4.78 is 1.75. The number of benzene rings is 1. The molecule has 4 rings (SSSR count). The lowest BCUT2D eigenvalue weighted by Crippen LogP contribution is -2.32. The van der Waals surface area contributed by atoms with E-state index in [1.807, 2.05) is 25.5 Å². The minimum atomic E-state index is -0.196. The standard InChI is InChI=1S/C14H14N6O/c1-20-6-7(4-17-20)13-10-5-16-19-14(21)9-2-8(15)3-11(18-13)12(9)10/h2-6,13,16,18H,15H2,1H3,(H,19,21). The zero-order chi connectivity index (χ0) is 14.6. The van der Waals surface area contributed by atoms with Crippen molar-refractivity contribution in [1.82, 2.24) is 20.6 Å². The molecular weight excluding hydrogens is 268 g/mol. The van der Waals surface area contributed by atoms with Crippen LogP contribution in [0.25, 0.3) is 5.57 Å². The van der Waals surface area contributed by atoms with Crippen LogP contribution in [0, 0.1) is 0 Å². The molecule has 7 nitrogen and oxygen atoms in total. The normalized spacial score (nSPS) is 19.0. The molecule has 2 aliphatic heterocycles. The first-order valence-electron chi connectivity index (χ1n) is 6.58. The van der Waals surface area contributed by atoms with Crippen LogP contribution in [0.2, 0.25) is 0 Å². The smallest absolute Gasteiger partial charge is 0.270 e. The summed E-state index contributed by atoms with van der Waals surface area (Å²) in [6.45, 7) is 0. The van der Waals surface area contributed by atoms with Gasteiger partial charge in [0, 0.05) is 47.5 Å². The number of nitrogens with one attached hydrogen (secondary N) is 3. The molecule has 0 saturated carbocycles. The molecule has 1 aromatic heterocycles. The second kappa shape index (κ2) is 4.02. The number of nitrogen functional groups attached to an aromatic ring is 1. The van der Waals surface area contributed by atoms with Gasteiger partial charge in [-0.25, -0.2) is 0 Å². The maximum absolute atomic E-state index is 12.1. The fraction of sp³-hybridized carbons (Fsp3) is 0.143. The zero-order valence-corrected chi connectivity index (χ0v) is 11.3. The van der Waals surface area contributed by atoms with Crippen molar-refractivity contribution in [3.8, 4) is 0 Å². The van der Waals surface area contributed by atoms with Crippen molar-refractivity contribution in [2.75, 3.05) is 11.1 Å². The van der Waals surface area contributed by atoms with Crippen molar-refractivity contribution in [2.45, 2.75) is 6.04 Å². The molecule has 5 N–H and O–H groups in total. The van der Waals surface area contributed by atoms with Crippen LogP contribution in [0.15, 0.2) is 30.7 Å². The molecule has 1 atom stereocenters. The molecule has 21 heavy (non-hydrogen) atoms. The van der Waals surface area contributed by atoms with Crippen LogP contribution in [-0.4, -0.2) is 15.7 Å². The predicted octanol–water partition coefficient (Wildman–Crippen LogP) is 0.758. The van der Waals surface area contributed by atoms with Gasteiger partial charge < -0.3 is 16.5 Å². The van der Waals surface area contributed by atoms with E-state index in [1.54, 1.807) is 16.9 Å². The van der Waals surface area contributed by atoms with E-state index in [1.165, 1.54) is 0 Å². The van der Waals surface area contributed by atoms with E-state index >= 15 is 0 Å². The molecule has 2 aliphatic rings. The third-order valence-electron chi connectivity index (χ3n) is 3.78. The second-order valence-corrected chi connectivity index (χ2v) is 5.21. The van der Waals surface area contributed by atoms with Gasteiger partial charge >= 0.3 is 0 Å². The Kier molecular flexibility index (Phi) is 2.26. The summed E-state index contributed by atoms with van der Waals surface area (Å²) in [7, 11) is 1.87. The molecule has 1 unspecified atom stereocenters. The second-order valence-electron chi connectivity index (χ2n) is 5.21. The third kappa shape index (κ3) is 1.67. The molecule has 2 aromatic rings. The van der Waals surface area contributed by atoms with E-state index in [2.05, 4.69) is 21.3 Å². The van der Waals surface area contributed by atoms with Gasteiger partial charge in [-0.15, -0.1) is 0 Å². The number of amides is 1. The molecule has 0 radical (unpaired) electrons. The van der Waals surface area contributed by atoms with Gasteiger partial charge in [0.1, 0.15) is 0 Å². The molecule has 3 heterocycles.